The Morgan fingerprint density at radius 1 is 1.12 bits per heavy atom. The Hall–Kier alpha value is -3.08. The summed E-state index contributed by atoms with van der Waals surface area (Å²) < 4.78 is 6.72. The molecule has 0 saturated heterocycles. The minimum Gasteiger partial charge on any atom is -0.465 e. The first-order chi connectivity index (χ1) is 12.1. The Kier molecular flexibility index (Phi) is 4.84. The molecule has 1 N–H and O–H groups in total. The highest BCUT2D eigenvalue weighted by Gasteiger charge is 2.13. The van der Waals surface area contributed by atoms with Gasteiger partial charge in [0.15, 0.2) is 0 Å². The Labute approximate surface area is 147 Å². The fourth-order valence-electron chi connectivity index (χ4n) is 2.82. The van der Waals surface area contributed by atoms with Crippen molar-refractivity contribution in [3.8, 4) is 5.69 Å². The van der Waals surface area contributed by atoms with Gasteiger partial charge in [-0.3, -0.25) is 0 Å². The van der Waals surface area contributed by atoms with Gasteiger partial charge in [-0.2, -0.15) is 5.10 Å². The molecule has 128 valence electrons. The van der Waals surface area contributed by atoms with E-state index < -0.39 is 0 Å². The van der Waals surface area contributed by atoms with E-state index in [1.807, 2.05) is 54.1 Å². The van der Waals surface area contributed by atoms with Crippen molar-refractivity contribution in [2.24, 2.45) is 0 Å². The fraction of sp³-hybridized carbons (Fsp3) is 0.200. The number of nitrogens with zero attached hydrogens (tertiary/aromatic N) is 2. The van der Waals surface area contributed by atoms with Gasteiger partial charge in [-0.05, 0) is 44.2 Å². The van der Waals surface area contributed by atoms with Gasteiger partial charge in [-0.1, -0.05) is 24.3 Å². The summed E-state index contributed by atoms with van der Waals surface area (Å²) in [6.07, 6.45) is 0. The highest BCUT2D eigenvalue weighted by atomic mass is 16.5. The van der Waals surface area contributed by atoms with Gasteiger partial charge in [0.05, 0.1) is 24.1 Å². The lowest BCUT2D eigenvalue weighted by Crippen LogP contribution is -2.05. The van der Waals surface area contributed by atoms with Gasteiger partial charge < -0.3 is 10.1 Å². The first-order valence-corrected chi connectivity index (χ1v) is 8.13. The van der Waals surface area contributed by atoms with Crippen LogP contribution in [0.25, 0.3) is 5.69 Å². The normalized spacial score (nSPS) is 10.5. The third-order valence-corrected chi connectivity index (χ3v) is 4.19. The van der Waals surface area contributed by atoms with Crippen molar-refractivity contribution in [1.29, 1.82) is 0 Å². The summed E-state index contributed by atoms with van der Waals surface area (Å²) in [6, 6.07) is 17.4. The lowest BCUT2D eigenvalue weighted by molar-refractivity contribution is 0.0601. The number of carbonyl (C=O) groups is 1. The number of carbonyl (C=O) groups excluding carboxylic acids is 1. The number of esters is 1. The number of rotatable bonds is 5. The number of para-hydroxylation sites is 1. The van der Waals surface area contributed by atoms with Gasteiger partial charge in [0, 0.05) is 23.5 Å². The molecule has 0 aliphatic rings. The number of hydrogen-bond acceptors (Lipinski definition) is 4. The second-order valence-electron chi connectivity index (χ2n) is 5.82. The molecule has 0 atom stereocenters. The quantitative estimate of drug-likeness (QED) is 0.719. The van der Waals surface area contributed by atoms with Crippen LogP contribution in [0.15, 0.2) is 54.6 Å². The van der Waals surface area contributed by atoms with Crippen molar-refractivity contribution >= 4 is 11.7 Å². The van der Waals surface area contributed by atoms with Crippen LogP contribution in [0.1, 0.15) is 27.3 Å². The fourth-order valence-corrected chi connectivity index (χ4v) is 2.82. The smallest absolute Gasteiger partial charge is 0.337 e. The Morgan fingerprint density at radius 2 is 1.88 bits per heavy atom. The average molecular weight is 335 g/mol. The van der Waals surface area contributed by atoms with Gasteiger partial charge in [0.2, 0.25) is 0 Å². The average Bonchev–Trinajstić information content (AvgIpc) is 2.94. The van der Waals surface area contributed by atoms with Crippen LogP contribution in [-0.2, 0) is 11.3 Å². The second-order valence-corrected chi connectivity index (χ2v) is 5.82. The van der Waals surface area contributed by atoms with E-state index in [4.69, 9.17) is 4.74 Å². The van der Waals surface area contributed by atoms with E-state index in [-0.39, 0.29) is 5.97 Å². The summed E-state index contributed by atoms with van der Waals surface area (Å²) in [5.41, 5.74) is 5.67. The van der Waals surface area contributed by atoms with Crippen molar-refractivity contribution in [2.75, 3.05) is 12.4 Å². The van der Waals surface area contributed by atoms with E-state index in [0.717, 1.165) is 28.3 Å². The predicted molar refractivity (Wildman–Crippen MR) is 98.1 cm³/mol. The van der Waals surface area contributed by atoms with Gasteiger partial charge in [-0.15, -0.1) is 0 Å². The monoisotopic (exact) mass is 335 g/mol. The largest absolute Gasteiger partial charge is 0.465 e. The van der Waals surface area contributed by atoms with Crippen molar-refractivity contribution in [3.05, 3.63) is 77.1 Å². The minimum absolute atomic E-state index is 0.340. The third kappa shape index (κ3) is 3.55. The van der Waals surface area contributed by atoms with Crippen molar-refractivity contribution in [2.45, 2.75) is 20.4 Å². The Morgan fingerprint density at radius 3 is 2.60 bits per heavy atom. The third-order valence-electron chi connectivity index (χ3n) is 4.19. The number of hydrogen-bond donors (Lipinski definition) is 1. The van der Waals surface area contributed by atoms with E-state index in [1.165, 1.54) is 7.11 Å². The molecular weight excluding hydrogens is 314 g/mol. The molecule has 0 fully saturated rings. The summed E-state index contributed by atoms with van der Waals surface area (Å²) in [7, 11) is 1.38. The highest BCUT2D eigenvalue weighted by molar-refractivity contribution is 5.90. The maximum Gasteiger partial charge on any atom is 0.337 e. The van der Waals surface area contributed by atoms with E-state index >= 15 is 0 Å². The van der Waals surface area contributed by atoms with Crippen molar-refractivity contribution < 1.29 is 9.53 Å². The predicted octanol–water partition coefficient (Wildman–Crippen LogP) is 3.89. The standard InChI is InChI=1S/C20H21N3O2/c1-14-19(15(2)23(22-14)18-10-5-4-6-11-18)13-21-17-9-7-8-16(12-17)20(24)25-3/h4-12,21H,13H2,1-3H3. The van der Waals surface area contributed by atoms with Crippen LogP contribution in [0.2, 0.25) is 0 Å². The number of nitrogens with one attached hydrogen (secondary N) is 1. The van der Waals surface area contributed by atoms with Crippen LogP contribution < -0.4 is 5.32 Å². The highest BCUT2D eigenvalue weighted by Crippen LogP contribution is 2.20. The molecule has 1 aromatic heterocycles. The summed E-state index contributed by atoms with van der Waals surface area (Å²) in [4.78, 5) is 11.6. The van der Waals surface area contributed by atoms with Crippen LogP contribution >= 0.6 is 0 Å². The van der Waals surface area contributed by atoms with Crippen LogP contribution in [0.4, 0.5) is 5.69 Å². The minimum atomic E-state index is -0.340. The maximum atomic E-state index is 11.6. The summed E-state index contributed by atoms with van der Waals surface area (Å²) in [5, 5.41) is 8.02. The molecule has 0 spiro atoms. The molecule has 3 rings (SSSR count). The summed E-state index contributed by atoms with van der Waals surface area (Å²) in [6.45, 7) is 4.71. The van der Waals surface area contributed by atoms with Crippen molar-refractivity contribution in [1.82, 2.24) is 9.78 Å². The van der Waals surface area contributed by atoms with Crippen LogP contribution in [-0.4, -0.2) is 22.9 Å². The molecule has 0 amide bonds. The molecule has 0 unspecified atom stereocenters. The van der Waals surface area contributed by atoms with Gasteiger partial charge in [-0.25, -0.2) is 9.48 Å². The number of ether oxygens (including phenoxy) is 1. The van der Waals surface area contributed by atoms with Crippen LogP contribution in [0, 0.1) is 13.8 Å². The molecule has 0 aliphatic carbocycles. The molecule has 5 nitrogen and oxygen atoms in total. The number of aromatic nitrogens is 2. The van der Waals surface area contributed by atoms with E-state index in [2.05, 4.69) is 17.3 Å². The Balaban J connectivity index is 1.80. The molecule has 5 heteroatoms. The first-order valence-electron chi connectivity index (χ1n) is 8.13. The first kappa shape index (κ1) is 16.8. The van der Waals surface area contributed by atoms with Gasteiger partial charge in [0.1, 0.15) is 0 Å². The number of aryl methyl sites for hydroxylation is 1. The van der Waals surface area contributed by atoms with Crippen molar-refractivity contribution in [3.63, 3.8) is 0 Å². The van der Waals surface area contributed by atoms with E-state index in [1.54, 1.807) is 12.1 Å². The molecule has 2 aromatic carbocycles. The zero-order valence-electron chi connectivity index (χ0n) is 14.6. The second kappa shape index (κ2) is 7.21. The van der Waals surface area contributed by atoms with Crippen LogP contribution in [0.5, 0.6) is 0 Å². The van der Waals surface area contributed by atoms with Gasteiger partial charge >= 0.3 is 5.97 Å². The number of benzene rings is 2. The lowest BCUT2D eigenvalue weighted by Gasteiger charge is -2.09. The molecule has 1 heterocycles. The summed E-state index contributed by atoms with van der Waals surface area (Å²) >= 11 is 0. The summed E-state index contributed by atoms with van der Waals surface area (Å²) in [5.74, 6) is -0.340. The SMILES string of the molecule is COC(=O)c1cccc(NCc2c(C)nn(-c3ccccc3)c2C)c1. The zero-order valence-corrected chi connectivity index (χ0v) is 14.6. The van der Waals surface area contributed by atoms with E-state index in [9.17, 15) is 4.79 Å². The topological polar surface area (TPSA) is 56.1 Å². The van der Waals surface area contributed by atoms with E-state index in [0.29, 0.717) is 12.1 Å². The molecule has 25 heavy (non-hydrogen) atoms. The number of methoxy groups -OCH3 is 1. The van der Waals surface area contributed by atoms with Gasteiger partial charge in [0.25, 0.3) is 0 Å². The molecule has 0 aliphatic heterocycles. The molecule has 3 aromatic rings. The lowest BCUT2D eigenvalue weighted by atomic mass is 10.1. The molecule has 0 saturated carbocycles. The molecule has 0 radical (unpaired) electrons. The molecule has 0 bridgehead atoms. The van der Waals surface area contributed by atoms with Crippen LogP contribution in [0.3, 0.4) is 0 Å². The number of anilines is 1. The molecular formula is C20H21N3O2. The zero-order chi connectivity index (χ0) is 17.8. The maximum absolute atomic E-state index is 11.6. The Bertz CT molecular complexity index is 885.